The number of nitrogens with zero attached hydrogens (tertiary/aromatic N) is 2. The summed E-state index contributed by atoms with van der Waals surface area (Å²) in [6.07, 6.45) is 1.48. The van der Waals surface area contributed by atoms with Crippen molar-refractivity contribution in [2.24, 2.45) is 5.92 Å². The molecule has 1 aliphatic rings. The lowest BCUT2D eigenvalue weighted by Crippen LogP contribution is -2.45. The number of nitrogens with one attached hydrogen (secondary N) is 1. The first-order valence-corrected chi connectivity index (χ1v) is 9.54. The average Bonchev–Trinajstić information content (AvgIpc) is 2.65. The van der Waals surface area contributed by atoms with Gasteiger partial charge in [-0.15, -0.1) is 0 Å². The minimum Gasteiger partial charge on any atom is -0.393 e. The van der Waals surface area contributed by atoms with E-state index in [9.17, 15) is 9.90 Å². The van der Waals surface area contributed by atoms with Gasteiger partial charge in [0.05, 0.1) is 6.10 Å². The first kappa shape index (κ1) is 19.7. The summed E-state index contributed by atoms with van der Waals surface area (Å²) in [5, 5.41) is 12.6. The molecule has 0 bridgehead atoms. The van der Waals surface area contributed by atoms with Crippen molar-refractivity contribution in [1.29, 1.82) is 0 Å². The van der Waals surface area contributed by atoms with Gasteiger partial charge in [0, 0.05) is 26.2 Å². The standard InChI is InChI=1S/C20H33N3O2/c1-4-22(5-2)15-18-8-6-17(7-9-18)14-21-20(25)23-12-10-19(11-13-23)16(3)24/h6-9,16,19,24H,4-5,10-15H2,1-3H3,(H,21,25). The Bertz CT molecular complexity index is 518. The van der Waals surface area contributed by atoms with Gasteiger partial charge in [-0.1, -0.05) is 38.1 Å². The van der Waals surface area contributed by atoms with Crippen LogP contribution in [0.5, 0.6) is 0 Å². The van der Waals surface area contributed by atoms with Crippen molar-refractivity contribution in [3.8, 4) is 0 Å². The summed E-state index contributed by atoms with van der Waals surface area (Å²) < 4.78 is 0. The molecule has 0 radical (unpaired) electrons. The van der Waals surface area contributed by atoms with Crippen LogP contribution in [0.2, 0.25) is 0 Å². The highest BCUT2D eigenvalue weighted by Gasteiger charge is 2.25. The molecule has 0 spiro atoms. The molecule has 1 atom stereocenters. The second-order valence-electron chi connectivity index (χ2n) is 7.00. The fourth-order valence-electron chi connectivity index (χ4n) is 3.34. The molecule has 2 N–H and O–H groups in total. The zero-order valence-electron chi connectivity index (χ0n) is 15.9. The summed E-state index contributed by atoms with van der Waals surface area (Å²) in [4.78, 5) is 16.5. The molecule has 5 heteroatoms. The van der Waals surface area contributed by atoms with E-state index in [1.54, 1.807) is 0 Å². The monoisotopic (exact) mass is 347 g/mol. The third-order valence-electron chi connectivity index (χ3n) is 5.28. The van der Waals surface area contributed by atoms with Crippen molar-refractivity contribution >= 4 is 6.03 Å². The van der Waals surface area contributed by atoms with Crippen LogP contribution >= 0.6 is 0 Å². The Balaban J connectivity index is 1.76. The Hall–Kier alpha value is -1.59. The van der Waals surface area contributed by atoms with Gasteiger partial charge in [0.2, 0.25) is 0 Å². The van der Waals surface area contributed by atoms with E-state index in [2.05, 4.69) is 48.3 Å². The van der Waals surface area contributed by atoms with Crippen LogP contribution in [-0.2, 0) is 13.1 Å². The zero-order valence-corrected chi connectivity index (χ0v) is 15.9. The van der Waals surface area contributed by atoms with Gasteiger partial charge in [0.1, 0.15) is 0 Å². The molecule has 5 nitrogen and oxygen atoms in total. The molecule has 2 rings (SSSR count). The maximum atomic E-state index is 12.3. The summed E-state index contributed by atoms with van der Waals surface area (Å²) >= 11 is 0. The molecule has 140 valence electrons. The molecule has 0 aromatic heterocycles. The van der Waals surface area contributed by atoms with E-state index in [-0.39, 0.29) is 12.1 Å². The molecule has 1 heterocycles. The van der Waals surface area contributed by atoms with Crippen LogP contribution in [0.4, 0.5) is 4.79 Å². The minimum atomic E-state index is -0.278. The molecule has 1 aliphatic heterocycles. The smallest absolute Gasteiger partial charge is 0.317 e. The first-order chi connectivity index (χ1) is 12.0. The Kier molecular flexibility index (Phi) is 7.72. The lowest BCUT2D eigenvalue weighted by molar-refractivity contribution is 0.0798. The summed E-state index contributed by atoms with van der Waals surface area (Å²) in [5.74, 6) is 0.322. The van der Waals surface area contributed by atoms with Gasteiger partial charge in [0.25, 0.3) is 0 Å². The molecule has 0 aliphatic carbocycles. The number of piperidine rings is 1. The molecule has 1 saturated heterocycles. The summed E-state index contributed by atoms with van der Waals surface area (Å²) in [6, 6.07) is 8.48. The van der Waals surface area contributed by atoms with E-state index in [0.29, 0.717) is 12.5 Å². The van der Waals surface area contributed by atoms with Crippen molar-refractivity contribution in [1.82, 2.24) is 15.1 Å². The highest BCUT2D eigenvalue weighted by molar-refractivity contribution is 5.74. The number of benzene rings is 1. The maximum Gasteiger partial charge on any atom is 0.317 e. The number of carbonyl (C=O) groups is 1. The second-order valence-corrected chi connectivity index (χ2v) is 7.00. The van der Waals surface area contributed by atoms with Crippen LogP contribution in [0.25, 0.3) is 0 Å². The quantitative estimate of drug-likeness (QED) is 0.797. The molecule has 25 heavy (non-hydrogen) atoms. The number of urea groups is 1. The fourth-order valence-corrected chi connectivity index (χ4v) is 3.34. The van der Waals surface area contributed by atoms with Gasteiger partial charge >= 0.3 is 6.03 Å². The van der Waals surface area contributed by atoms with E-state index < -0.39 is 0 Å². The molecule has 1 fully saturated rings. The Labute approximate surface area is 152 Å². The molecule has 1 unspecified atom stereocenters. The van der Waals surface area contributed by atoms with E-state index in [1.807, 2.05) is 11.8 Å². The van der Waals surface area contributed by atoms with Crippen molar-refractivity contribution < 1.29 is 9.90 Å². The summed E-state index contributed by atoms with van der Waals surface area (Å²) in [5.41, 5.74) is 2.43. The lowest BCUT2D eigenvalue weighted by Gasteiger charge is -2.33. The van der Waals surface area contributed by atoms with Gasteiger partial charge in [-0.2, -0.15) is 0 Å². The topological polar surface area (TPSA) is 55.8 Å². The average molecular weight is 348 g/mol. The maximum absolute atomic E-state index is 12.3. The van der Waals surface area contributed by atoms with E-state index in [4.69, 9.17) is 0 Å². The lowest BCUT2D eigenvalue weighted by atomic mass is 9.92. The molecule has 0 saturated carbocycles. The highest BCUT2D eigenvalue weighted by atomic mass is 16.3. The molecular weight excluding hydrogens is 314 g/mol. The molecular formula is C20H33N3O2. The van der Waals surface area contributed by atoms with Crippen LogP contribution in [0.15, 0.2) is 24.3 Å². The van der Waals surface area contributed by atoms with Crippen LogP contribution in [0, 0.1) is 5.92 Å². The molecule has 1 aromatic carbocycles. The Morgan fingerprint density at radius 1 is 1.20 bits per heavy atom. The SMILES string of the molecule is CCN(CC)Cc1ccc(CNC(=O)N2CCC(C(C)O)CC2)cc1. The molecule has 2 amide bonds. The third-order valence-corrected chi connectivity index (χ3v) is 5.28. The van der Waals surface area contributed by atoms with Crippen LogP contribution < -0.4 is 5.32 Å². The zero-order chi connectivity index (χ0) is 18.2. The van der Waals surface area contributed by atoms with E-state index in [1.165, 1.54) is 5.56 Å². The van der Waals surface area contributed by atoms with Crippen molar-refractivity contribution in [2.45, 2.75) is 52.8 Å². The normalized spacial score (nSPS) is 16.9. The Morgan fingerprint density at radius 2 is 1.76 bits per heavy atom. The third kappa shape index (κ3) is 6.01. The largest absolute Gasteiger partial charge is 0.393 e. The van der Waals surface area contributed by atoms with Gasteiger partial charge in [-0.25, -0.2) is 4.79 Å². The van der Waals surface area contributed by atoms with Crippen LogP contribution in [0.3, 0.4) is 0 Å². The number of aliphatic hydroxyl groups excluding tert-OH is 1. The number of hydrogen-bond donors (Lipinski definition) is 2. The molecule has 1 aromatic rings. The number of aliphatic hydroxyl groups is 1. The predicted molar refractivity (Wildman–Crippen MR) is 101 cm³/mol. The second kappa shape index (κ2) is 9.78. The van der Waals surface area contributed by atoms with Gasteiger partial charge < -0.3 is 15.3 Å². The van der Waals surface area contributed by atoms with E-state index in [0.717, 1.165) is 51.1 Å². The van der Waals surface area contributed by atoms with Crippen LogP contribution in [0.1, 0.15) is 44.7 Å². The van der Waals surface area contributed by atoms with Crippen molar-refractivity contribution in [2.75, 3.05) is 26.2 Å². The number of rotatable bonds is 7. The first-order valence-electron chi connectivity index (χ1n) is 9.54. The number of amides is 2. The van der Waals surface area contributed by atoms with Crippen molar-refractivity contribution in [3.63, 3.8) is 0 Å². The minimum absolute atomic E-state index is 0.00346. The van der Waals surface area contributed by atoms with Crippen LogP contribution in [-0.4, -0.2) is 53.2 Å². The number of carbonyl (C=O) groups excluding carboxylic acids is 1. The Morgan fingerprint density at radius 3 is 2.28 bits per heavy atom. The van der Waals surface area contributed by atoms with Gasteiger partial charge in [-0.3, -0.25) is 4.90 Å². The fraction of sp³-hybridized carbons (Fsp3) is 0.650. The van der Waals surface area contributed by atoms with Gasteiger partial charge in [-0.05, 0) is 49.9 Å². The van der Waals surface area contributed by atoms with E-state index >= 15 is 0 Å². The highest BCUT2D eigenvalue weighted by Crippen LogP contribution is 2.20. The van der Waals surface area contributed by atoms with Gasteiger partial charge in [0.15, 0.2) is 0 Å². The number of likely N-dealkylation sites (tertiary alicyclic amines) is 1. The summed E-state index contributed by atoms with van der Waals surface area (Å²) in [6.45, 7) is 11.3. The van der Waals surface area contributed by atoms with Crippen molar-refractivity contribution in [3.05, 3.63) is 35.4 Å². The number of hydrogen-bond acceptors (Lipinski definition) is 3. The summed E-state index contributed by atoms with van der Waals surface area (Å²) in [7, 11) is 0. The predicted octanol–water partition coefficient (Wildman–Crippen LogP) is 2.83.